The summed E-state index contributed by atoms with van der Waals surface area (Å²) >= 11 is 3.27. The molecule has 3 rings (SSSR count). The molecular formula is C16H11IN2O4S. The number of carboxylic acid groups (broad SMARTS) is 1. The van der Waals surface area contributed by atoms with E-state index >= 15 is 0 Å². The van der Waals surface area contributed by atoms with Gasteiger partial charge in [0.15, 0.2) is 8.93 Å². The van der Waals surface area contributed by atoms with E-state index in [1.165, 1.54) is 28.8 Å². The number of furan rings is 1. The number of hydrogen-bond donors (Lipinski definition) is 1. The van der Waals surface area contributed by atoms with Crippen molar-refractivity contribution in [3.05, 3.63) is 56.4 Å². The third-order valence-corrected chi connectivity index (χ3v) is 4.83. The molecule has 0 atom stereocenters. The number of likely N-dealkylation sites (N-methyl/N-ethyl adjacent to an activating group) is 1. The van der Waals surface area contributed by atoms with Crippen molar-refractivity contribution in [2.45, 2.75) is 0 Å². The van der Waals surface area contributed by atoms with Crippen molar-refractivity contribution < 1.29 is 19.1 Å². The van der Waals surface area contributed by atoms with Crippen molar-refractivity contribution in [1.29, 1.82) is 0 Å². The first-order valence-electron chi connectivity index (χ1n) is 6.79. The highest BCUT2D eigenvalue weighted by atomic mass is 127. The van der Waals surface area contributed by atoms with Crippen molar-refractivity contribution in [1.82, 2.24) is 4.90 Å². The lowest BCUT2D eigenvalue weighted by molar-refractivity contribution is -0.121. The predicted octanol–water partition coefficient (Wildman–Crippen LogP) is 3.82. The Morgan fingerprint density at radius 1 is 1.38 bits per heavy atom. The predicted molar refractivity (Wildman–Crippen MR) is 100 cm³/mol. The highest BCUT2D eigenvalue weighted by Crippen LogP contribution is 2.33. The number of halogens is 1. The maximum Gasteiger partial charge on any atom is 0.335 e. The molecule has 1 aliphatic heterocycles. The molecule has 24 heavy (non-hydrogen) atoms. The van der Waals surface area contributed by atoms with Crippen LogP contribution in [0.1, 0.15) is 16.1 Å². The van der Waals surface area contributed by atoms with Crippen LogP contribution in [0.4, 0.5) is 5.69 Å². The minimum absolute atomic E-state index is 0.148. The van der Waals surface area contributed by atoms with E-state index in [1.807, 2.05) is 6.07 Å². The Hall–Kier alpha value is -2.07. The van der Waals surface area contributed by atoms with Gasteiger partial charge in [-0.1, -0.05) is 6.07 Å². The Kier molecular flexibility index (Phi) is 4.76. The number of amides is 1. The van der Waals surface area contributed by atoms with Crippen molar-refractivity contribution in [3.63, 3.8) is 0 Å². The summed E-state index contributed by atoms with van der Waals surface area (Å²) in [6.07, 6.45) is 1.67. The molecule has 0 bridgehead atoms. The van der Waals surface area contributed by atoms with E-state index in [-0.39, 0.29) is 11.5 Å². The van der Waals surface area contributed by atoms with Gasteiger partial charge in [-0.15, -0.1) is 0 Å². The van der Waals surface area contributed by atoms with Gasteiger partial charge in [-0.2, -0.15) is 0 Å². The van der Waals surface area contributed by atoms with Crippen LogP contribution in [-0.2, 0) is 4.79 Å². The van der Waals surface area contributed by atoms with E-state index in [0.717, 1.165) is 3.77 Å². The molecular weight excluding hydrogens is 443 g/mol. The normalized spacial score (nSPS) is 17.9. The molecule has 0 radical (unpaired) electrons. The topological polar surface area (TPSA) is 83.1 Å². The Morgan fingerprint density at radius 2 is 2.17 bits per heavy atom. The summed E-state index contributed by atoms with van der Waals surface area (Å²) < 4.78 is 6.18. The minimum atomic E-state index is -1.02. The molecule has 122 valence electrons. The number of aromatic carboxylic acids is 1. The second kappa shape index (κ2) is 6.81. The van der Waals surface area contributed by atoms with Gasteiger partial charge in [0.25, 0.3) is 5.91 Å². The van der Waals surface area contributed by atoms with Crippen molar-refractivity contribution in [2.75, 3.05) is 7.05 Å². The van der Waals surface area contributed by atoms with Gasteiger partial charge in [0.2, 0.25) is 0 Å². The Balaban J connectivity index is 1.90. The first-order chi connectivity index (χ1) is 11.4. The molecule has 0 aliphatic carbocycles. The zero-order chi connectivity index (χ0) is 17.3. The van der Waals surface area contributed by atoms with E-state index in [2.05, 4.69) is 27.6 Å². The van der Waals surface area contributed by atoms with Crippen LogP contribution in [-0.4, -0.2) is 34.1 Å². The van der Waals surface area contributed by atoms with E-state index in [0.29, 0.717) is 21.5 Å². The molecule has 0 saturated carbocycles. The molecule has 2 heterocycles. The number of benzene rings is 1. The molecule has 0 spiro atoms. The monoisotopic (exact) mass is 454 g/mol. The SMILES string of the molecule is CN1C(=O)/C(=C\c2ccc(I)o2)SC1=Nc1cccc(C(=O)O)c1. The molecule has 1 fully saturated rings. The summed E-state index contributed by atoms with van der Waals surface area (Å²) in [5.41, 5.74) is 0.626. The summed E-state index contributed by atoms with van der Waals surface area (Å²) in [6.45, 7) is 0. The Bertz CT molecular complexity index is 888. The molecule has 0 unspecified atom stereocenters. The zero-order valence-electron chi connectivity index (χ0n) is 12.4. The lowest BCUT2D eigenvalue weighted by atomic mass is 10.2. The number of rotatable bonds is 3. The highest BCUT2D eigenvalue weighted by molar-refractivity contribution is 14.1. The number of thioether (sulfide) groups is 1. The first kappa shape index (κ1) is 16.8. The number of aliphatic imine (C=N–C) groups is 1. The molecule has 1 saturated heterocycles. The lowest BCUT2D eigenvalue weighted by Crippen LogP contribution is -2.23. The molecule has 1 aliphatic rings. The molecule has 1 aromatic carbocycles. The summed E-state index contributed by atoms with van der Waals surface area (Å²) in [7, 11) is 1.63. The van der Waals surface area contributed by atoms with Crippen LogP contribution in [0.3, 0.4) is 0 Å². The van der Waals surface area contributed by atoms with Crippen LogP contribution in [0, 0.1) is 3.77 Å². The fraction of sp³-hybridized carbons (Fsp3) is 0.0625. The quantitative estimate of drug-likeness (QED) is 0.564. The summed E-state index contributed by atoms with van der Waals surface area (Å²) in [5.74, 6) is -0.606. The minimum Gasteiger partial charge on any atom is -0.478 e. The van der Waals surface area contributed by atoms with Gasteiger partial charge in [0.05, 0.1) is 16.2 Å². The standard InChI is InChI=1S/C16H11IN2O4S/c1-19-14(20)12(8-11-5-6-13(17)23-11)24-16(19)18-10-4-2-3-9(7-10)15(21)22/h2-8H,1H3,(H,21,22)/b12-8+,18-16?. The van der Waals surface area contributed by atoms with Gasteiger partial charge < -0.3 is 9.52 Å². The molecule has 1 amide bonds. The fourth-order valence-corrected chi connectivity index (χ4v) is 3.41. The Morgan fingerprint density at radius 3 is 2.83 bits per heavy atom. The van der Waals surface area contributed by atoms with Crippen LogP contribution in [0.2, 0.25) is 0 Å². The summed E-state index contributed by atoms with van der Waals surface area (Å²) in [4.78, 5) is 29.6. The molecule has 8 heteroatoms. The van der Waals surface area contributed by atoms with Crippen LogP contribution in [0.25, 0.3) is 6.08 Å². The maximum atomic E-state index is 12.3. The number of amidine groups is 1. The second-order valence-electron chi connectivity index (χ2n) is 4.87. The fourth-order valence-electron chi connectivity index (χ4n) is 2.01. The third kappa shape index (κ3) is 3.54. The third-order valence-electron chi connectivity index (χ3n) is 3.19. The van der Waals surface area contributed by atoms with Crippen molar-refractivity contribution in [3.8, 4) is 0 Å². The second-order valence-corrected chi connectivity index (χ2v) is 6.94. The van der Waals surface area contributed by atoms with E-state index in [1.54, 1.807) is 31.3 Å². The van der Waals surface area contributed by atoms with E-state index < -0.39 is 5.97 Å². The van der Waals surface area contributed by atoms with Crippen LogP contribution >= 0.6 is 34.4 Å². The number of carbonyl (C=O) groups is 2. The largest absolute Gasteiger partial charge is 0.478 e. The van der Waals surface area contributed by atoms with E-state index in [4.69, 9.17) is 9.52 Å². The van der Waals surface area contributed by atoms with E-state index in [9.17, 15) is 9.59 Å². The van der Waals surface area contributed by atoms with Crippen LogP contribution in [0.15, 0.2) is 50.7 Å². The van der Waals surface area contributed by atoms with Gasteiger partial charge in [0.1, 0.15) is 5.76 Å². The number of carboxylic acids is 1. The molecule has 2 aromatic rings. The maximum absolute atomic E-state index is 12.3. The molecule has 1 N–H and O–H groups in total. The summed E-state index contributed by atoms with van der Waals surface area (Å²) in [6, 6.07) is 9.86. The highest BCUT2D eigenvalue weighted by Gasteiger charge is 2.30. The van der Waals surface area contributed by atoms with Crippen molar-refractivity contribution in [2.24, 2.45) is 4.99 Å². The average molecular weight is 454 g/mol. The molecule has 1 aromatic heterocycles. The van der Waals surface area contributed by atoms with Gasteiger partial charge in [0, 0.05) is 13.1 Å². The van der Waals surface area contributed by atoms with Crippen LogP contribution in [0.5, 0.6) is 0 Å². The van der Waals surface area contributed by atoms with Crippen molar-refractivity contribution >= 4 is 63.2 Å². The molecule has 6 nitrogen and oxygen atoms in total. The smallest absolute Gasteiger partial charge is 0.335 e. The van der Waals surface area contributed by atoms with Gasteiger partial charge in [-0.25, -0.2) is 9.79 Å². The van der Waals surface area contributed by atoms with Gasteiger partial charge in [-0.3, -0.25) is 9.69 Å². The van der Waals surface area contributed by atoms with Gasteiger partial charge in [-0.05, 0) is 64.7 Å². The Labute approximate surface area is 155 Å². The number of nitrogens with zero attached hydrogens (tertiary/aromatic N) is 2. The van der Waals surface area contributed by atoms with Crippen LogP contribution < -0.4 is 0 Å². The zero-order valence-corrected chi connectivity index (χ0v) is 15.4. The van der Waals surface area contributed by atoms with Gasteiger partial charge >= 0.3 is 5.97 Å². The lowest BCUT2D eigenvalue weighted by Gasteiger charge is -2.07. The first-order valence-corrected chi connectivity index (χ1v) is 8.68. The average Bonchev–Trinajstić information content (AvgIpc) is 3.07. The number of hydrogen-bond acceptors (Lipinski definition) is 5. The number of carbonyl (C=O) groups excluding carboxylic acids is 1. The summed E-state index contributed by atoms with van der Waals surface area (Å²) in [5, 5.41) is 9.52.